The average molecular weight is 182 g/mol. The van der Waals surface area contributed by atoms with Gasteiger partial charge in [0.2, 0.25) is 0 Å². The molecular weight excluding hydrogens is 163 g/mol. The van der Waals surface area contributed by atoms with E-state index in [0.717, 1.165) is 6.42 Å². The van der Waals surface area contributed by atoms with Crippen LogP contribution in [-0.4, -0.2) is 19.3 Å². The predicted molar refractivity (Wildman–Crippen MR) is 55.5 cm³/mol. The third kappa shape index (κ3) is 3.53. The van der Waals surface area contributed by atoms with Crippen LogP contribution in [-0.2, 0) is 9.31 Å². The van der Waals surface area contributed by atoms with Gasteiger partial charge in [-0.2, -0.15) is 0 Å². The summed E-state index contributed by atoms with van der Waals surface area (Å²) in [6.07, 6.45) is 4.96. The zero-order chi connectivity index (χ0) is 9.84. The van der Waals surface area contributed by atoms with Gasteiger partial charge in [0.05, 0.1) is 0 Å². The summed E-state index contributed by atoms with van der Waals surface area (Å²) in [4.78, 5) is 0. The van der Waals surface area contributed by atoms with Crippen molar-refractivity contribution >= 4 is 7.12 Å². The van der Waals surface area contributed by atoms with Crippen molar-refractivity contribution in [2.75, 3.05) is 0 Å². The molecule has 2 nitrogen and oxygen atoms in total. The Kier molecular flexibility index (Phi) is 4.01. The first-order chi connectivity index (χ1) is 6.09. The lowest BCUT2D eigenvalue weighted by Crippen LogP contribution is -2.33. The molecule has 0 fully saturated rings. The molecule has 74 valence electrons. The van der Waals surface area contributed by atoms with Crippen LogP contribution in [0.5, 0.6) is 0 Å². The van der Waals surface area contributed by atoms with Gasteiger partial charge in [-0.3, -0.25) is 0 Å². The fourth-order valence-electron chi connectivity index (χ4n) is 1.23. The second kappa shape index (κ2) is 4.82. The van der Waals surface area contributed by atoms with E-state index in [2.05, 4.69) is 6.08 Å². The summed E-state index contributed by atoms with van der Waals surface area (Å²) in [6.45, 7) is 8.15. The summed E-state index contributed by atoms with van der Waals surface area (Å²) in [5, 5.41) is 0. The summed E-state index contributed by atoms with van der Waals surface area (Å²) in [5.41, 5.74) is 1.31. The van der Waals surface area contributed by atoms with Gasteiger partial charge in [-0.25, -0.2) is 0 Å². The maximum atomic E-state index is 5.67. The number of hydrogen-bond donors (Lipinski definition) is 0. The lowest BCUT2D eigenvalue weighted by Gasteiger charge is -2.25. The molecule has 0 spiro atoms. The number of hydrogen-bond acceptors (Lipinski definition) is 2. The van der Waals surface area contributed by atoms with Crippen molar-refractivity contribution in [1.82, 2.24) is 0 Å². The van der Waals surface area contributed by atoms with Crippen molar-refractivity contribution in [3.8, 4) is 0 Å². The van der Waals surface area contributed by atoms with E-state index in [-0.39, 0.29) is 19.3 Å². The zero-order valence-corrected chi connectivity index (χ0v) is 9.04. The largest absolute Gasteiger partial charge is 0.489 e. The standard InChI is InChI=1S/C10H19BO2/c1-8(2)12-11(13-9(3)4)10-6-5-7-10/h6,8-9H,5,7H2,1-4H3. The second-order valence-corrected chi connectivity index (χ2v) is 4.02. The Bertz CT molecular complexity index is 177. The van der Waals surface area contributed by atoms with Crippen molar-refractivity contribution in [2.24, 2.45) is 0 Å². The van der Waals surface area contributed by atoms with Crippen molar-refractivity contribution in [3.63, 3.8) is 0 Å². The highest BCUT2D eigenvalue weighted by molar-refractivity contribution is 6.54. The molecule has 0 aromatic carbocycles. The Balaban J connectivity index is 2.43. The molecule has 0 saturated heterocycles. The third-order valence-electron chi connectivity index (χ3n) is 1.93. The van der Waals surface area contributed by atoms with Gasteiger partial charge in [0.15, 0.2) is 0 Å². The number of allylic oxidation sites excluding steroid dienone is 2. The highest BCUT2D eigenvalue weighted by Gasteiger charge is 2.28. The van der Waals surface area contributed by atoms with Gasteiger partial charge in [-0.15, -0.1) is 0 Å². The lowest BCUT2D eigenvalue weighted by atomic mass is 9.69. The molecule has 0 unspecified atom stereocenters. The minimum Gasteiger partial charge on any atom is -0.405 e. The second-order valence-electron chi connectivity index (χ2n) is 4.02. The van der Waals surface area contributed by atoms with Crippen LogP contribution in [0.1, 0.15) is 40.5 Å². The highest BCUT2D eigenvalue weighted by atomic mass is 16.6. The Morgan fingerprint density at radius 2 is 1.62 bits per heavy atom. The maximum Gasteiger partial charge on any atom is 0.489 e. The van der Waals surface area contributed by atoms with Crippen LogP contribution in [0, 0.1) is 0 Å². The zero-order valence-electron chi connectivity index (χ0n) is 9.04. The Labute approximate surface area is 81.4 Å². The summed E-state index contributed by atoms with van der Waals surface area (Å²) >= 11 is 0. The van der Waals surface area contributed by atoms with E-state index in [1.54, 1.807) is 0 Å². The van der Waals surface area contributed by atoms with Gasteiger partial charge < -0.3 is 9.31 Å². The highest BCUT2D eigenvalue weighted by Crippen LogP contribution is 2.23. The van der Waals surface area contributed by atoms with E-state index < -0.39 is 0 Å². The van der Waals surface area contributed by atoms with Crippen LogP contribution >= 0.6 is 0 Å². The maximum absolute atomic E-state index is 5.67. The molecule has 1 rings (SSSR count). The number of rotatable bonds is 5. The van der Waals surface area contributed by atoms with Gasteiger partial charge in [0, 0.05) is 12.2 Å². The molecule has 0 atom stereocenters. The molecule has 0 N–H and O–H groups in total. The van der Waals surface area contributed by atoms with Gasteiger partial charge in [-0.1, -0.05) is 6.08 Å². The molecule has 0 saturated carbocycles. The summed E-state index contributed by atoms with van der Waals surface area (Å²) < 4.78 is 11.3. The van der Waals surface area contributed by atoms with Crippen molar-refractivity contribution < 1.29 is 9.31 Å². The molecule has 13 heavy (non-hydrogen) atoms. The SMILES string of the molecule is CC(C)OB(OC(C)C)C1=CCC1. The average Bonchev–Trinajstić information content (AvgIpc) is 1.78. The van der Waals surface area contributed by atoms with Crippen LogP contribution in [0.3, 0.4) is 0 Å². The summed E-state index contributed by atoms with van der Waals surface area (Å²) in [5.74, 6) is 0. The summed E-state index contributed by atoms with van der Waals surface area (Å²) in [7, 11) is -0.103. The van der Waals surface area contributed by atoms with E-state index >= 15 is 0 Å². The van der Waals surface area contributed by atoms with Gasteiger partial charge in [0.1, 0.15) is 0 Å². The normalized spacial score (nSPS) is 16.0. The fourth-order valence-corrected chi connectivity index (χ4v) is 1.23. The van der Waals surface area contributed by atoms with Gasteiger partial charge in [-0.05, 0) is 46.0 Å². The molecule has 1 aliphatic rings. The molecule has 3 heteroatoms. The molecule has 0 bridgehead atoms. The van der Waals surface area contributed by atoms with Crippen LogP contribution in [0.2, 0.25) is 0 Å². The van der Waals surface area contributed by atoms with Crippen molar-refractivity contribution in [3.05, 3.63) is 11.5 Å². The third-order valence-corrected chi connectivity index (χ3v) is 1.93. The summed E-state index contributed by atoms with van der Waals surface area (Å²) in [6, 6.07) is 0. The lowest BCUT2D eigenvalue weighted by molar-refractivity contribution is 0.134. The first-order valence-electron chi connectivity index (χ1n) is 5.09. The van der Waals surface area contributed by atoms with Crippen molar-refractivity contribution in [2.45, 2.75) is 52.7 Å². The molecule has 0 aromatic rings. The van der Waals surface area contributed by atoms with Gasteiger partial charge in [0.25, 0.3) is 0 Å². The Hall–Kier alpha value is -0.275. The molecular formula is C10H19BO2. The minimum atomic E-state index is -0.103. The van der Waals surface area contributed by atoms with Crippen LogP contribution in [0.25, 0.3) is 0 Å². The smallest absolute Gasteiger partial charge is 0.405 e. The predicted octanol–water partition coefficient (Wildman–Crippen LogP) is 2.58. The monoisotopic (exact) mass is 182 g/mol. The van der Waals surface area contributed by atoms with E-state index in [9.17, 15) is 0 Å². The molecule has 1 aliphatic carbocycles. The fraction of sp³-hybridized carbons (Fsp3) is 0.800. The first-order valence-corrected chi connectivity index (χ1v) is 5.09. The van der Waals surface area contributed by atoms with E-state index in [0.29, 0.717) is 0 Å². The topological polar surface area (TPSA) is 18.5 Å². The molecule has 0 amide bonds. The van der Waals surface area contributed by atoms with Gasteiger partial charge >= 0.3 is 7.12 Å². The molecule has 0 aromatic heterocycles. The van der Waals surface area contributed by atoms with E-state index in [1.807, 2.05) is 27.7 Å². The van der Waals surface area contributed by atoms with Crippen LogP contribution < -0.4 is 0 Å². The molecule has 0 heterocycles. The van der Waals surface area contributed by atoms with Crippen LogP contribution in [0.15, 0.2) is 11.5 Å². The minimum absolute atomic E-state index is 0.103. The van der Waals surface area contributed by atoms with Crippen LogP contribution in [0.4, 0.5) is 0 Å². The van der Waals surface area contributed by atoms with E-state index in [4.69, 9.17) is 9.31 Å². The molecule has 0 radical (unpaired) electrons. The Morgan fingerprint density at radius 3 is 1.85 bits per heavy atom. The first kappa shape index (κ1) is 10.8. The Morgan fingerprint density at radius 1 is 1.15 bits per heavy atom. The quantitative estimate of drug-likeness (QED) is 0.608. The van der Waals surface area contributed by atoms with Crippen molar-refractivity contribution in [1.29, 1.82) is 0 Å². The molecule has 0 aliphatic heterocycles. The van der Waals surface area contributed by atoms with E-state index in [1.165, 1.54) is 11.9 Å².